The first kappa shape index (κ1) is 21.6. The summed E-state index contributed by atoms with van der Waals surface area (Å²) in [6.45, 7) is 0.0606. The van der Waals surface area contributed by atoms with Crippen LogP contribution in [0, 0.1) is 5.92 Å². The molecule has 0 unspecified atom stereocenters. The fraction of sp³-hybridized carbons (Fsp3) is 0.593. The zero-order valence-corrected chi connectivity index (χ0v) is 19.0. The van der Waals surface area contributed by atoms with Crippen molar-refractivity contribution in [3.05, 3.63) is 40.7 Å². The lowest BCUT2D eigenvalue weighted by molar-refractivity contribution is -0.117. The number of aryl methyl sites for hydroxylation is 2. The summed E-state index contributed by atoms with van der Waals surface area (Å²) in [6.07, 6.45) is 14.4. The van der Waals surface area contributed by atoms with Crippen LogP contribution in [0.4, 0.5) is 5.82 Å². The number of aromatic nitrogens is 2. The first-order valence-electron chi connectivity index (χ1n) is 12.6. The van der Waals surface area contributed by atoms with Gasteiger partial charge in [0.15, 0.2) is 5.82 Å². The van der Waals surface area contributed by atoms with Crippen LogP contribution in [0.2, 0.25) is 0 Å². The minimum atomic E-state index is 0.0606. The van der Waals surface area contributed by atoms with E-state index in [2.05, 4.69) is 17.4 Å². The van der Waals surface area contributed by atoms with Gasteiger partial charge in [0.1, 0.15) is 0 Å². The Morgan fingerprint density at radius 2 is 1.72 bits per heavy atom. The maximum absolute atomic E-state index is 13.0. The summed E-state index contributed by atoms with van der Waals surface area (Å²) >= 11 is 0. The molecule has 2 saturated carbocycles. The van der Waals surface area contributed by atoms with E-state index in [1.54, 1.807) is 0 Å². The molecule has 0 atom stereocenters. The molecule has 5 heteroatoms. The topological polar surface area (TPSA) is 75.1 Å². The highest BCUT2D eigenvalue weighted by Gasteiger charge is 2.28. The molecule has 5 rings (SSSR count). The summed E-state index contributed by atoms with van der Waals surface area (Å²) < 4.78 is 0. The molecule has 1 heterocycles. The molecule has 1 aromatic carbocycles. The molecule has 1 aromatic heterocycles. The Labute approximate surface area is 191 Å². The van der Waals surface area contributed by atoms with E-state index < -0.39 is 0 Å². The number of nitrogens with one attached hydrogen (secondary N) is 1. The van der Waals surface area contributed by atoms with Gasteiger partial charge < -0.3 is 10.4 Å². The van der Waals surface area contributed by atoms with Crippen LogP contribution < -0.4 is 5.32 Å². The van der Waals surface area contributed by atoms with Crippen LogP contribution in [0.5, 0.6) is 0 Å². The van der Waals surface area contributed by atoms with Crippen molar-refractivity contribution in [1.82, 2.24) is 9.97 Å². The molecule has 0 aliphatic heterocycles. The molecule has 0 radical (unpaired) electrons. The van der Waals surface area contributed by atoms with Gasteiger partial charge in [-0.05, 0) is 55.6 Å². The molecule has 0 spiro atoms. The Morgan fingerprint density at radius 3 is 2.47 bits per heavy atom. The Bertz CT molecular complexity index is 975. The molecular formula is C27H35N3O2. The minimum absolute atomic E-state index is 0.0606. The minimum Gasteiger partial charge on any atom is -0.392 e. The maximum atomic E-state index is 13.0. The molecule has 32 heavy (non-hydrogen) atoms. The van der Waals surface area contributed by atoms with Crippen LogP contribution >= 0.6 is 0 Å². The molecule has 2 aromatic rings. The zero-order valence-electron chi connectivity index (χ0n) is 19.0. The fourth-order valence-corrected chi connectivity index (χ4v) is 5.90. The predicted molar refractivity (Wildman–Crippen MR) is 126 cm³/mol. The largest absolute Gasteiger partial charge is 0.392 e. The smallest absolute Gasteiger partial charge is 0.225 e. The van der Waals surface area contributed by atoms with Gasteiger partial charge in [-0.15, -0.1) is 0 Å². The van der Waals surface area contributed by atoms with E-state index >= 15 is 0 Å². The van der Waals surface area contributed by atoms with E-state index in [0.29, 0.717) is 24.1 Å². The van der Waals surface area contributed by atoms with Gasteiger partial charge in [0.05, 0.1) is 23.7 Å². The van der Waals surface area contributed by atoms with Crippen molar-refractivity contribution in [2.75, 3.05) is 5.32 Å². The molecule has 0 bridgehead atoms. The Morgan fingerprint density at radius 1 is 0.969 bits per heavy atom. The van der Waals surface area contributed by atoms with Gasteiger partial charge in [0.2, 0.25) is 5.91 Å². The van der Waals surface area contributed by atoms with Gasteiger partial charge in [-0.3, -0.25) is 4.79 Å². The second-order valence-electron chi connectivity index (χ2n) is 9.99. The van der Waals surface area contributed by atoms with Crippen LogP contribution in [-0.4, -0.2) is 21.0 Å². The van der Waals surface area contributed by atoms with Crippen molar-refractivity contribution in [1.29, 1.82) is 0 Å². The summed E-state index contributed by atoms with van der Waals surface area (Å²) in [7, 11) is 0. The zero-order chi connectivity index (χ0) is 21.9. The van der Waals surface area contributed by atoms with Gasteiger partial charge in [-0.2, -0.15) is 0 Å². The van der Waals surface area contributed by atoms with E-state index in [9.17, 15) is 9.90 Å². The highest BCUT2D eigenvalue weighted by Crippen LogP contribution is 2.39. The molecule has 3 aliphatic carbocycles. The van der Waals surface area contributed by atoms with Crippen LogP contribution in [0.15, 0.2) is 18.2 Å². The van der Waals surface area contributed by atoms with E-state index in [1.165, 1.54) is 56.9 Å². The SMILES string of the molecule is O=C(CC1CCCCC1)Nc1nc2c(nc1C1CCCCC1)-c1ccc(CO)cc1CC2. The standard InChI is InChI=1S/C27H35N3O2/c31-17-19-11-13-22-21(15-19)12-14-23-26(22)30-25(20-9-5-2-6-10-20)27(28-23)29-24(32)16-18-7-3-1-4-8-18/h11,13,15,18,20,31H,1-10,12,14,16-17H2,(H,28,29,32). The van der Waals surface area contributed by atoms with Crippen molar-refractivity contribution in [2.45, 2.75) is 96.0 Å². The Hall–Kier alpha value is -2.27. The first-order chi connectivity index (χ1) is 15.7. The van der Waals surface area contributed by atoms with Crippen LogP contribution in [0.3, 0.4) is 0 Å². The second-order valence-corrected chi connectivity index (χ2v) is 9.99. The normalized spacial score (nSPS) is 19.3. The third kappa shape index (κ3) is 4.59. The number of amides is 1. The average Bonchev–Trinajstić information content (AvgIpc) is 2.84. The van der Waals surface area contributed by atoms with Crippen LogP contribution in [0.25, 0.3) is 11.3 Å². The average molecular weight is 434 g/mol. The number of hydrogen-bond donors (Lipinski definition) is 2. The molecular weight excluding hydrogens is 398 g/mol. The molecule has 5 nitrogen and oxygen atoms in total. The number of rotatable bonds is 5. The number of nitrogens with zero attached hydrogens (tertiary/aromatic N) is 2. The summed E-state index contributed by atoms with van der Waals surface area (Å²) in [5, 5.41) is 12.7. The van der Waals surface area contributed by atoms with Gasteiger partial charge in [0, 0.05) is 17.9 Å². The maximum Gasteiger partial charge on any atom is 0.225 e. The number of hydrogen-bond acceptors (Lipinski definition) is 4. The quantitative estimate of drug-likeness (QED) is 0.635. The molecule has 2 fully saturated rings. The number of carbonyl (C=O) groups is 1. The molecule has 170 valence electrons. The van der Waals surface area contributed by atoms with Gasteiger partial charge in [0.25, 0.3) is 0 Å². The molecule has 0 saturated heterocycles. The first-order valence-corrected chi connectivity index (χ1v) is 12.6. The van der Waals surface area contributed by atoms with Crippen molar-refractivity contribution in [2.24, 2.45) is 5.92 Å². The third-order valence-electron chi connectivity index (χ3n) is 7.68. The molecule has 1 amide bonds. The lowest BCUT2D eigenvalue weighted by Crippen LogP contribution is -2.23. The number of aliphatic hydroxyl groups is 1. The van der Waals surface area contributed by atoms with E-state index in [4.69, 9.17) is 9.97 Å². The van der Waals surface area contributed by atoms with Crippen molar-refractivity contribution < 1.29 is 9.90 Å². The van der Waals surface area contributed by atoms with Crippen molar-refractivity contribution in [3.63, 3.8) is 0 Å². The van der Waals surface area contributed by atoms with E-state index in [0.717, 1.165) is 53.9 Å². The van der Waals surface area contributed by atoms with Crippen molar-refractivity contribution in [3.8, 4) is 11.3 Å². The number of anilines is 1. The van der Waals surface area contributed by atoms with Gasteiger partial charge in [-0.1, -0.05) is 56.7 Å². The fourth-order valence-electron chi connectivity index (χ4n) is 5.90. The number of aliphatic hydroxyl groups excluding tert-OH is 1. The molecule has 3 aliphatic rings. The van der Waals surface area contributed by atoms with E-state index in [1.807, 2.05) is 6.07 Å². The second kappa shape index (κ2) is 9.70. The summed E-state index contributed by atoms with van der Waals surface area (Å²) in [5.41, 5.74) is 6.26. The monoisotopic (exact) mass is 433 g/mol. The summed E-state index contributed by atoms with van der Waals surface area (Å²) in [5.74, 6) is 1.70. The van der Waals surface area contributed by atoms with Crippen LogP contribution in [-0.2, 0) is 24.2 Å². The molecule has 2 N–H and O–H groups in total. The van der Waals surface area contributed by atoms with Gasteiger partial charge in [-0.25, -0.2) is 9.97 Å². The Balaban J connectivity index is 1.46. The Kier molecular flexibility index (Phi) is 6.54. The van der Waals surface area contributed by atoms with E-state index in [-0.39, 0.29) is 12.5 Å². The highest BCUT2D eigenvalue weighted by molar-refractivity contribution is 5.90. The highest BCUT2D eigenvalue weighted by atomic mass is 16.3. The van der Waals surface area contributed by atoms with Gasteiger partial charge >= 0.3 is 0 Å². The summed E-state index contributed by atoms with van der Waals surface area (Å²) in [4.78, 5) is 23.2. The third-order valence-corrected chi connectivity index (χ3v) is 7.68. The number of benzene rings is 1. The lowest BCUT2D eigenvalue weighted by atomic mass is 9.85. The number of fused-ring (bicyclic) bond motifs is 3. The van der Waals surface area contributed by atoms with Crippen molar-refractivity contribution >= 4 is 11.7 Å². The lowest BCUT2D eigenvalue weighted by Gasteiger charge is -2.27. The summed E-state index contributed by atoms with van der Waals surface area (Å²) in [6, 6.07) is 6.16. The number of carbonyl (C=O) groups excluding carboxylic acids is 1. The van der Waals surface area contributed by atoms with Crippen LogP contribution in [0.1, 0.15) is 99.1 Å². The predicted octanol–water partition coefficient (Wildman–Crippen LogP) is 5.69.